The Kier molecular flexibility index (Phi) is 6.93. The number of anilines is 1. The normalized spacial score (nSPS) is 17.2. The van der Waals surface area contributed by atoms with Gasteiger partial charge in [-0.15, -0.1) is 13.2 Å². The molecule has 0 spiro atoms. The summed E-state index contributed by atoms with van der Waals surface area (Å²) in [5.41, 5.74) is 2.11. The number of fused-ring (bicyclic) bond motifs is 1. The molecule has 1 aromatic carbocycles. The number of carbonyl (C=O) groups excluding carboxylic acids is 4. The molecule has 1 atom stereocenters. The lowest BCUT2D eigenvalue weighted by atomic mass is 10.0. The largest absolute Gasteiger partial charge is 0.573 e. The number of aliphatic hydroxyl groups is 1. The first-order valence-corrected chi connectivity index (χ1v) is 11.4. The van der Waals surface area contributed by atoms with Gasteiger partial charge in [0.05, 0.1) is 23.8 Å². The lowest BCUT2D eigenvalue weighted by molar-refractivity contribution is -0.274. The molecule has 0 radical (unpaired) electrons. The number of urea groups is 1. The quantitative estimate of drug-likeness (QED) is 0.316. The molecule has 0 unspecified atom stereocenters. The molecule has 5 amide bonds. The van der Waals surface area contributed by atoms with Crippen LogP contribution in [0.3, 0.4) is 0 Å². The summed E-state index contributed by atoms with van der Waals surface area (Å²) in [6.07, 6.45) is -4.67. The third-order valence-corrected chi connectivity index (χ3v) is 6.12. The monoisotopic (exact) mass is 535 g/mol. The van der Waals surface area contributed by atoms with Crippen molar-refractivity contribution in [2.75, 3.05) is 32.0 Å². The van der Waals surface area contributed by atoms with Crippen molar-refractivity contribution in [3.8, 4) is 5.75 Å². The Morgan fingerprint density at radius 3 is 2.61 bits per heavy atom. The van der Waals surface area contributed by atoms with E-state index in [0.717, 1.165) is 17.0 Å². The third kappa shape index (κ3) is 5.34. The van der Waals surface area contributed by atoms with Gasteiger partial charge in [0.15, 0.2) is 0 Å². The van der Waals surface area contributed by atoms with Crippen LogP contribution in [0.25, 0.3) is 11.6 Å². The number of hydrogen-bond acceptors (Lipinski definition) is 6. The number of hydrogen-bond donors (Lipinski definition) is 4. The molecule has 0 saturated carbocycles. The summed E-state index contributed by atoms with van der Waals surface area (Å²) in [6.45, 7) is 2.64. The summed E-state index contributed by atoms with van der Waals surface area (Å²) >= 11 is 0. The number of nitrogens with one attached hydrogen (secondary N) is 3. The number of nitrogens with zero attached hydrogens (tertiary/aromatic N) is 2. The molecule has 1 saturated heterocycles. The van der Waals surface area contributed by atoms with Gasteiger partial charge < -0.3 is 30.4 Å². The van der Waals surface area contributed by atoms with Crippen LogP contribution in [0.15, 0.2) is 18.2 Å². The molecular weight excluding hydrogens is 511 g/mol. The standard InChI is InChI=1S/C24H24F3N5O6/c1-11-18(7-16-15-6-14(38-24(25,26)27)4-5-17(15)30-21(16)35)29-12(2)20(11)22(36)28-8-13(33)9-32-19(34)10-31(3)23(32)37/h4-7,13,29,33H,8-10H2,1-3H3,(H,28,36)(H,30,35)/t13-/m0/s1. The predicted molar refractivity (Wildman–Crippen MR) is 128 cm³/mol. The number of imide groups is 1. The van der Waals surface area contributed by atoms with Crippen molar-refractivity contribution in [2.45, 2.75) is 26.3 Å². The van der Waals surface area contributed by atoms with E-state index in [-0.39, 0.29) is 36.3 Å². The lowest BCUT2D eigenvalue weighted by Gasteiger charge is -2.18. The maximum Gasteiger partial charge on any atom is 0.573 e. The van der Waals surface area contributed by atoms with Crippen molar-refractivity contribution in [2.24, 2.45) is 0 Å². The summed E-state index contributed by atoms with van der Waals surface area (Å²) in [4.78, 5) is 54.4. The van der Waals surface area contributed by atoms with Crippen molar-refractivity contribution < 1.29 is 42.2 Å². The van der Waals surface area contributed by atoms with E-state index in [0.29, 0.717) is 22.6 Å². The minimum absolute atomic E-state index is 0.0734. The van der Waals surface area contributed by atoms with Gasteiger partial charge in [-0.1, -0.05) is 0 Å². The van der Waals surface area contributed by atoms with Crippen LogP contribution in [0.2, 0.25) is 0 Å². The molecule has 2 aliphatic rings. The first-order valence-electron chi connectivity index (χ1n) is 11.4. The average Bonchev–Trinajstić information content (AvgIpc) is 3.37. The van der Waals surface area contributed by atoms with Crippen molar-refractivity contribution in [3.05, 3.63) is 46.3 Å². The van der Waals surface area contributed by atoms with Crippen molar-refractivity contribution in [1.29, 1.82) is 0 Å². The van der Waals surface area contributed by atoms with E-state index in [1.54, 1.807) is 13.8 Å². The van der Waals surface area contributed by atoms with Gasteiger partial charge in [0, 0.05) is 36.2 Å². The number of aryl methyl sites for hydroxylation is 1. The second kappa shape index (κ2) is 9.85. The number of aromatic amines is 1. The van der Waals surface area contributed by atoms with E-state index in [1.807, 2.05) is 0 Å². The summed E-state index contributed by atoms with van der Waals surface area (Å²) in [5, 5.41) is 15.4. The minimum atomic E-state index is -4.90. The fourth-order valence-electron chi connectivity index (χ4n) is 4.33. The Bertz CT molecular complexity index is 1370. The zero-order valence-corrected chi connectivity index (χ0v) is 20.5. The lowest BCUT2D eigenvalue weighted by Crippen LogP contribution is -2.43. The van der Waals surface area contributed by atoms with Gasteiger partial charge in [-0.25, -0.2) is 4.79 Å². The summed E-state index contributed by atoms with van der Waals surface area (Å²) < 4.78 is 41.9. The van der Waals surface area contributed by atoms with Crippen LogP contribution in [-0.2, 0) is 9.59 Å². The number of H-pyrrole nitrogens is 1. The van der Waals surface area contributed by atoms with Gasteiger partial charge in [0.25, 0.3) is 11.8 Å². The molecule has 3 heterocycles. The molecule has 38 heavy (non-hydrogen) atoms. The van der Waals surface area contributed by atoms with Crippen molar-refractivity contribution in [3.63, 3.8) is 0 Å². The first kappa shape index (κ1) is 26.7. The van der Waals surface area contributed by atoms with Crippen LogP contribution in [0.1, 0.15) is 32.9 Å². The van der Waals surface area contributed by atoms with Gasteiger partial charge in [-0.3, -0.25) is 19.3 Å². The van der Waals surface area contributed by atoms with Crippen molar-refractivity contribution >= 4 is 41.1 Å². The second-order valence-corrected chi connectivity index (χ2v) is 8.94. The number of amides is 5. The Morgan fingerprint density at radius 1 is 1.26 bits per heavy atom. The number of aliphatic hydroxyl groups excluding tert-OH is 1. The third-order valence-electron chi connectivity index (χ3n) is 6.12. The molecule has 1 aromatic heterocycles. The van der Waals surface area contributed by atoms with Gasteiger partial charge in [0.2, 0.25) is 5.91 Å². The van der Waals surface area contributed by atoms with E-state index in [1.165, 1.54) is 24.1 Å². The van der Waals surface area contributed by atoms with Gasteiger partial charge in [-0.05, 0) is 43.7 Å². The maximum atomic E-state index is 12.9. The maximum absolute atomic E-state index is 12.9. The number of β-amino-alcohol motifs (C(OH)–C–C–N with tert-alkyl or cyclic N) is 1. The van der Waals surface area contributed by atoms with Crippen LogP contribution in [0, 0.1) is 13.8 Å². The number of halogens is 3. The number of rotatable bonds is 7. The number of alkyl halides is 3. The van der Waals surface area contributed by atoms with Crippen LogP contribution < -0.4 is 15.4 Å². The SMILES string of the molecule is Cc1[nH]c(C=C2C(=O)Nc3ccc(OC(F)(F)F)cc32)c(C)c1C(=O)NC[C@H](O)CN1C(=O)CN(C)C1=O. The fraction of sp³-hybridized carbons (Fsp3) is 0.333. The van der Waals surface area contributed by atoms with E-state index >= 15 is 0 Å². The molecule has 0 bridgehead atoms. The van der Waals surface area contributed by atoms with Crippen LogP contribution in [0.5, 0.6) is 5.75 Å². The van der Waals surface area contributed by atoms with E-state index < -0.39 is 42.0 Å². The Hall–Kier alpha value is -4.33. The van der Waals surface area contributed by atoms with Gasteiger partial charge in [-0.2, -0.15) is 0 Å². The molecule has 4 rings (SSSR count). The van der Waals surface area contributed by atoms with Crippen molar-refractivity contribution in [1.82, 2.24) is 20.1 Å². The minimum Gasteiger partial charge on any atom is -0.406 e. The van der Waals surface area contributed by atoms with E-state index in [4.69, 9.17) is 0 Å². The smallest absolute Gasteiger partial charge is 0.406 e. The summed E-state index contributed by atoms with van der Waals surface area (Å²) in [5.74, 6) is -2.03. The topological polar surface area (TPSA) is 144 Å². The Morgan fingerprint density at radius 2 is 1.97 bits per heavy atom. The van der Waals surface area contributed by atoms with Gasteiger partial charge in [0.1, 0.15) is 12.3 Å². The molecular formula is C24H24F3N5O6. The zero-order chi connectivity index (χ0) is 27.9. The highest BCUT2D eigenvalue weighted by Gasteiger charge is 2.35. The molecule has 11 nitrogen and oxygen atoms in total. The van der Waals surface area contributed by atoms with Crippen LogP contribution in [0.4, 0.5) is 23.7 Å². The number of aromatic nitrogens is 1. The van der Waals surface area contributed by atoms with Gasteiger partial charge >= 0.3 is 12.4 Å². The molecule has 202 valence electrons. The molecule has 0 aliphatic carbocycles. The molecule has 4 N–H and O–H groups in total. The highest BCUT2D eigenvalue weighted by atomic mass is 19.4. The Labute approximate surface area is 214 Å². The van der Waals surface area contributed by atoms with Crippen LogP contribution >= 0.6 is 0 Å². The number of carbonyl (C=O) groups is 4. The zero-order valence-electron chi connectivity index (χ0n) is 20.5. The Balaban J connectivity index is 1.50. The number of benzene rings is 1. The second-order valence-electron chi connectivity index (χ2n) is 8.94. The predicted octanol–water partition coefficient (Wildman–Crippen LogP) is 2.01. The molecule has 2 aliphatic heterocycles. The first-order chi connectivity index (χ1) is 17.7. The van der Waals surface area contributed by atoms with Crippen LogP contribution in [-0.4, -0.2) is 82.8 Å². The highest BCUT2D eigenvalue weighted by Crippen LogP contribution is 2.37. The van der Waals surface area contributed by atoms with E-state index in [2.05, 4.69) is 20.4 Å². The highest BCUT2D eigenvalue weighted by molar-refractivity contribution is 6.35. The average molecular weight is 535 g/mol. The fourth-order valence-corrected chi connectivity index (χ4v) is 4.33. The number of ether oxygens (including phenoxy) is 1. The summed E-state index contributed by atoms with van der Waals surface area (Å²) in [6, 6.07) is 2.95. The molecule has 14 heteroatoms. The molecule has 2 aromatic rings. The molecule has 1 fully saturated rings. The number of likely N-dealkylation sites (N-methyl/N-ethyl adjacent to an activating group) is 1. The summed E-state index contributed by atoms with van der Waals surface area (Å²) in [7, 11) is 1.46. The van der Waals surface area contributed by atoms with E-state index in [9.17, 15) is 37.5 Å².